The normalized spacial score (nSPS) is 42.4. The first kappa shape index (κ1) is 24.0. The Morgan fingerprint density at radius 1 is 1.03 bits per heavy atom. The minimum absolute atomic E-state index is 0.0492. The predicted molar refractivity (Wildman–Crippen MR) is 131 cm³/mol. The van der Waals surface area contributed by atoms with Crippen molar-refractivity contribution in [1.82, 2.24) is 0 Å². The van der Waals surface area contributed by atoms with Crippen molar-refractivity contribution >= 4 is 5.97 Å². The Hall–Kier alpha value is -1.75. The maximum absolute atomic E-state index is 13.1. The van der Waals surface area contributed by atoms with Crippen LogP contribution in [0.1, 0.15) is 83.3 Å². The number of methoxy groups -OCH3 is 3. The molecule has 0 aromatic heterocycles. The molecule has 0 aliphatic heterocycles. The van der Waals surface area contributed by atoms with Gasteiger partial charge in [0.1, 0.15) is 11.5 Å². The van der Waals surface area contributed by atoms with Gasteiger partial charge in [0, 0.05) is 16.5 Å². The molecule has 5 heteroatoms. The fourth-order valence-electron chi connectivity index (χ4n) is 9.77. The van der Waals surface area contributed by atoms with Gasteiger partial charge >= 0.3 is 5.97 Å². The monoisotopic (exact) mass is 470 g/mol. The highest BCUT2D eigenvalue weighted by Gasteiger charge is 2.71. The standard InChI is InChI=1S/C29H42O5/c1-16(2)22-17-15-21-27(3)12-8-13-28(4,26(31)34-7)20(27)11-14-29(21,25(22)30)24-19(33-6)10-9-18(32-5)23(17)24/h9-10,16-17,20-22,25,30H,8,11-15H2,1-7H3/t17-,20-,21-,22+,25-,27+,28+,29+/m1/s1. The average Bonchev–Trinajstić information content (AvgIpc) is 2.82. The second-order valence-electron chi connectivity index (χ2n) is 12.3. The van der Waals surface area contributed by atoms with Crippen molar-refractivity contribution in [3.8, 4) is 11.5 Å². The van der Waals surface area contributed by atoms with Crippen LogP contribution < -0.4 is 9.47 Å². The fraction of sp³-hybridized carbons (Fsp3) is 0.759. The largest absolute Gasteiger partial charge is 0.496 e. The van der Waals surface area contributed by atoms with Crippen LogP contribution in [0.15, 0.2) is 12.1 Å². The molecule has 1 spiro atoms. The number of rotatable bonds is 4. The number of carbonyl (C=O) groups excluding carboxylic acids is 1. The lowest BCUT2D eigenvalue weighted by Gasteiger charge is -2.70. The number of hydrogen-bond donors (Lipinski definition) is 1. The molecule has 2 bridgehead atoms. The Balaban J connectivity index is 1.75. The second-order valence-corrected chi connectivity index (χ2v) is 12.3. The van der Waals surface area contributed by atoms with Gasteiger partial charge in [0.15, 0.2) is 0 Å². The third-order valence-corrected chi connectivity index (χ3v) is 11.0. The van der Waals surface area contributed by atoms with Crippen molar-refractivity contribution in [3.63, 3.8) is 0 Å². The number of esters is 1. The Bertz CT molecular complexity index is 987. The summed E-state index contributed by atoms with van der Waals surface area (Å²) in [5, 5.41) is 12.2. The lowest BCUT2D eigenvalue weighted by Crippen LogP contribution is -2.69. The van der Waals surface area contributed by atoms with Crippen LogP contribution in [0.25, 0.3) is 0 Å². The molecule has 6 rings (SSSR count). The van der Waals surface area contributed by atoms with E-state index in [1.807, 2.05) is 12.1 Å². The van der Waals surface area contributed by atoms with Crippen LogP contribution in [0.4, 0.5) is 0 Å². The van der Waals surface area contributed by atoms with Crippen molar-refractivity contribution in [2.45, 2.75) is 83.7 Å². The lowest BCUT2D eigenvalue weighted by atomic mass is 9.34. The molecule has 0 unspecified atom stereocenters. The lowest BCUT2D eigenvalue weighted by molar-refractivity contribution is -0.201. The van der Waals surface area contributed by atoms with Gasteiger partial charge in [-0.1, -0.05) is 27.2 Å². The average molecular weight is 471 g/mol. The highest BCUT2D eigenvalue weighted by molar-refractivity contribution is 5.77. The van der Waals surface area contributed by atoms with Gasteiger partial charge in [-0.2, -0.15) is 0 Å². The number of benzene rings is 1. The molecule has 1 aromatic rings. The summed E-state index contributed by atoms with van der Waals surface area (Å²) in [4.78, 5) is 13.1. The molecule has 5 aliphatic carbocycles. The van der Waals surface area contributed by atoms with E-state index >= 15 is 0 Å². The third kappa shape index (κ3) is 2.74. The molecule has 3 saturated carbocycles. The van der Waals surface area contributed by atoms with E-state index in [2.05, 4.69) is 27.7 Å². The molecule has 5 aliphatic rings. The molecule has 0 heterocycles. The van der Waals surface area contributed by atoms with Crippen LogP contribution in [-0.4, -0.2) is 38.5 Å². The third-order valence-electron chi connectivity index (χ3n) is 11.0. The molecule has 0 amide bonds. The van der Waals surface area contributed by atoms with Crippen LogP contribution in [-0.2, 0) is 14.9 Å². The van der Waals surface area contributed by atoms with Gasteiger partial charge in [0.2, 0.25) is 0 Å². The number of hydrogen-bond acceptors (Lipinski definition) is 5. The Morgan fingerprint density at radius 2 is 1.71 bits per heavy atom. The van der Waals surface area contributed by atoms with E-state index in [0.717, 1.165) is 50.0 Å². The van der Waals surface area contributed by atoms with Gasteiger partial charge < -0.3 is 19.3 Å². The summed E-state index contributed by atoms with van der Waals surface area (Å²) in [6.07, 6.45) is 5.34. The molecule has 8 atom stereocenters. The first-order valence-corrected chi connectivity index (χ1v) is 13.1. The van der Waals surface area contributed by atoms with Gasteiger partial charge in [-0.25, -0.2) is 0 Å². The molecular weight excluding hydrogens is 428 g/mol. The number of fused-ring (bicyclic) bond motifs is 2. The van der Waals surface area contributed by atoms with E-state index in [9.17, 15) is 9.90 Å². The topological polar surface area (TPSA) is 65.0 Å². The Morgan fingerprint density at radius 3 is 2.32 bits per heavy atom. The smallest absolute Gasteiger partial charge is 0.311 e. The van der Waals surface area contributed by atoms with Crippen molar-refractivity contribution in [2.24, 2.45) is 34.5 Å². The first-order valence-electron chi connectivity index (χ1n) is 13.1. The maximum atomic E-state index is 13.1. The van der Waals surface area contributed by atoms with E-state index in [1.54, 1.807) is 14.2 Å². The van der Waals surface area contributed by atoms with Crippen molar-refractivity contribution in [1.29, 1.82) is 0 Å². The number of aliphatic hydroxyl groups is 1. The zero-order valence-corrected chi connectivity index (χ0v) is 21.9. The molecule has 1 aromatic carbocycles. The Labute approximate surface area is 204 Å². The minimum Gasteiger partial charge on any atom is -0.496 e. The summed E-state index contributed by atoms with van der Waals surface area (Å²) >= 11 is 0. The first-order chi connectivity index (χ1) is 16.1. The highest BCUT2D eigenvalue weighted by Crippen LogP contribution is 2.75. The van der Waals surface area contributed by atoms with Crippen LogP contribution in [0.2, 0.25) is 0 Å². The van der Waals surface area contributed by atoms with Gasteiger partial charge in [0.25, 0.3) is 0 Å². The summed E-state index contributed by atoms with van der Waals surface area (Å²) in [6.45, 7) is 9.03. The van der Waals surface area contributed by atoms with Gasteiger partial charge in [0.05, 0.1) is 32.8 Å². The summed E-state index contributed by atoms with van der Waals surface area (Å²) in [6, 6.07) is 4.06. The number of aliphatic hydroxyl groups excluding tert-OH is 1. The summed E-state index contributed by atoms with van der Waals surface area (Å²) in [5.74, 6) is 3.02. The highest BCUT2D eigenvalue weighted by atomic mass is 16.5. The van der Waals surface area contributed by atoms with Gasteiger partial charge in [-0.3, -0.25) is 4.79 Å². The van der Waals surface area contributed by atoms with Gasteiger partial charge in [-0.05, 0) is 86.2 Å². The molecule has 1 N–H and O–H groups in total. The van der Waals surface area contributed by atoms with Gasteiger partial charge in [-0.15, -0.1) is 0 Å². The molecule has 188 valence electrons. The molecule has 0 saturated heterocycles. The predicted octanol–water partition coefficient (Wildman–Crippen LogP) is 5.47. The van der Waals surface area contributed by atoms with E-state index in [4.69, 9.17) is 14.2 Å². The Kier molecular flexibility index (Phi) is 5.55. The molecule has 0 radical (unpaired) electrons. The molecule has 34 heavy (non-hydrogen) atoms. The second kappa shape index (κ2) is 7.88. The van der Waals surface area contributed by atoms with Crippen LogP contribution in [0.5, 0.6) is 11.5 Å². The SMILES string of the molecule is COC(=O)[C@@]1(C)CCC[C@]2(C)[C@H]3C[C@H]4c5c(OC)ccc(OC)c5[C@@]3(CC[C@H]21)[C@H](O)[C@H]4C(C)C. The van der Waals surface area contributed by atoms with Crippen molar-refractivity contribution in [2.75, 3.05) is 21.3 Å². The van der Waals surface area contributed by atoms with Crippen LogP contribution in [0, 0.1) is 34.5 Å². The number of carbonyl (C=O) groups is 1. The summed E-state index contributed by atoms with van der Waals surface area (Å²) in [5.41, 5.74) is 1.54. The minimum atomic E-state index is -0.469. The summed E-state index contributed by atoms with van der Waals surface area (Å²) < 4.78 is 17.2. The number of ether oxygens (including phenoxy) is 3. The zero-order valence-electron chi connectivity index (χ0n) is 21.9. The quantitative estimate of drug-likeness (QED) is 0.591. The van der Waals surface area contributed by atoms with E-state index < -0.39 is 16.9 Å². The van der Waals surface area contributed by atoms with E-state index in [0.29, 0.717) is 5.92 Å². The molecular formula is C29H42O5. The molecule has 5 nitrogen and oxygen atoms in total. The molecule has 3 fully saturated rings. The van der Waals surface area contributed by atoms with Crippen LogP contribution in [0.3, 0.4) is 0 Å². The summed E-state index contributed by atoms with van der Waals surface area (Å²) in [7, 11) is 5.02. The van der Waals surface area contributed by atoms with Crippen molar-refractivity contribution in [3.05, 3.63) is 23.3 Å². The maximum Gasteiger partial charge on any atom is 0.311 e. The van der Waals surface area contributed by atoms with Crippen LogP contribution >= 0.6 is 0 Å². The van der Waals surface area contributed by atoms with E-state index in [1.165, 1.54) is 18.2 Å². The van der Waals surface area contributed by atoms with Crippen molar-refractivity contribution < 1.29 is 24.1 Å². The zero-order chi connectivity index (χ0) is 24.6. The fourth-order valence-corrected chi connectivity index (χ4v) is 9.77. The van der Waals surface area contributed by atoms with E-state index in [-0.39, 0.29) is 35.1 Å².